The molecule has 1 fully saturated rings. The molecule has 3 amide bonds. The minimum atomic E-state index is -0.233. The molecule has 1 N–H and O–H groups in total. The molecule has 27 heavy (non-hydrogen) atoms. The number of nitrogens with one attached hydrogen (secondary N) is 1. The first-order valence-electron chi connectivity index (χ1n) is 11.2. The number of hydrogen-bond acceptors (Lipinski definition) is 3. The minimum absolute atomic E-state index is 0.0799. The summed E-state index contributed by atoms with van der Waals surface area (Å²) >= 11 is 0. The van der Waals surface area contributed by atoms with Crippen LogP contribution in [0.1, 0.15) is 107 Å². The predicted octanol–water partition coefficient (Wildman–Crippen LogP) is 5.33. The fourth-order valence-electron chi connectivity index (χ4n) is 2.52. The first kappa shape index (κ1) is 30.3. The highest BCUT2D eigenvalue weighted by Crippen LogP contribution is 2.18. The second-order valence-corrected chi connectivity index (χ2v) is 5.86. The van der Waals surface area contributed by atoms with Gasteiger partial charge in [-0.05, 0) is 6.42 Å². The highest BCUT2D eigenvalue weighted by Gasteiger charge is 2.35. The Bertz CT molecular complexity index is 371. The zero-order chi connectivity index (χ0) is 21.7. The van der Waals surface area contributed by atoms with E-state index in [1.807, 2.05) is 41.5 Å². The van der Waals surface area contributed by atoms with E-state index in [1.165, 1.54) is 30.6 Å². The van der Waals surface area contributed by atoms with Crippen molar-refractivity contribution in [2.24, 2.45) is 5.92 Å². The summed E-state index contributed by atoms with van der Waals surface area (Å²) in [6.07, 6.45) is 7.62. The second-order valence-electron chi connectivity index (χ2n) is 5.86. The fourth-order valence-corrected chi connectivity index (χ4v) is 2.52. The highest BCUT2D eigenvalue weighted by atomic mass is 16.2. The molecule has 1 atom stereocenters. The first-order chi connectivity index (χ1) is 13.1. The van der Waals surface area contributed by atoms with Crippen LogP contribution < -0.4 is 5.32 Å². The standard InChI is InChI=1S/C16H28N2O3.3C2H6/c1-3-4-5-6-7-8-10-17-14(19)9-11-18-15(20)12-13(2)16(18)21;3*1-2/h13H,3-12H2,1-2H3,(H,17,19);3*1-2H3. The molecule has 1 aliphatic rings. The maximum absolute atomic E-state index is 11.7. The lowest BCUT2D eigenvalue weighted by Gasteiger charge is -2.13. The molecule has 5 heteroatoms. The Morgan fingerprint density at radius 2 is 1.48 bits per heavy atom. The van der Waals surface area contributed by atoms with E-state index in [4.69, 9.17) is 0 Å². The van der Waals surface area contributed by atoms with Crippen molar-refractivity contribution in [3.63, 3.8) is 0 Å². The number of carbonyl (C=O) groups excluding carboxylic acids is 3. The van der Waals surface area contributed by atoms with Crippen molar-refractivity contribution in [3.8, 4) is 0 Å². The first-order valence-corrected chi connectivity index (χ1v) is 11.2. The number of rotatable bonds is 10. The van der Waals surface area contributed by atoms with Crippen molar-refractivity contribution < 1.29 is 14.4 Å². The molecule has 0 spiro atoms. The molecule has 0 saturated carbocycles. The quantitative estimate of drug-likeness (QED) is 0.408. The summed E-state index contributed by atoms with van der Waals surface area (Å²) in [5.41, 5.74) is 0. The molecule has 162 valence electrons. The lowest BCUT2D eigenvalue weighted by atomic mass is 10.1. The zero-order valence-corrected chi connectivity index (χ0v) is 19.3. The Morgan fingerprint density at radius 1 is 0.963 bits per heavy atom. The second kappa shape index (κ2) is 22.7. The maximum atomic E-state index is 11.7. The molecule has 1 rings (SSSR count). The van der Waals surface area contributed by atoms with Gasteiger partial charge in [-0.3, -0.25) is 19.3 Å². The Morgan fingerprint density at radius 3 is 1.96 bits per heavy atom. The zero-order valence-electron chi connectivity index (χ0n) is 19.3. The van der Waals surface area contributed by atoms with Crippen molar-refractivity contribution in [3.05, 3.63) is 0 Å². The van der Waals surface area contributed by atoms with Gasteiger partial charge in [0.25, 0.3) is 0 Å². The van der Waals surface area contributed by atoms with Gasteiger partial charge < -0.3 is 5.32 Å². The molecule has 0 aromatic heterocycles. The van der Waals surface area contributed by atoms with Crippen LogP contribution in [0, 0.1) is 5.92 Å². The van der Waals surface area contributed by atoms with Crippen LogP contribution in [0.3, 0.4) is 0 Å². The van der Waals surface area contributed by atoms with Gasteiger partial charge in [0.15, 0.2) is 0 Å². The average molecular weight is 387 g/mol. The highest BCUT2D eigenvalue weighted by molar-refractivity contribution is 6.03. The SMILES string of the molecule is CC.CC.CC.CCCCCCCCNC(=O)CCN1C(=O)CC(C)C1=O. The van der Waals surface area contributed by atoms with Crippen LogP contribution in [0.2, 0.25) is 0 Å². The molecule has 0 aromatic rings. The fraction of sp³-hybridized carbons (Fsp3) is 0.864. The van der Waals surface area contributed by atoms with Crippen LogP contribution in [0.15, 0.2) is 0 Å². The van der Waals surface area contributed by atoms with Crippen molar-refractivity contribution in [2.75, 3.05) is 13.1 Å². The summed E-state index contributed by atoms with van der Waals surface area (Å²) in [4.78, 5) is 36.1. The number of likely N-dealkylation sites (tertiary alicyclic amines) is 1. The summed E-state index contributed by atoms with van der Waals surface area (Å²) in [6.45, 7) is 16.8. The van der Waals surface area contributed by atoms with Crippen molar-refractivity contribution in [1.29, 1.82) is 0 Å². The van der Waals surface area contributed by atoms with Crippen molar-refractivity contribution in [2.45, 2.75) is 107 Å². The van der Waals surface area contributed by atoms with E-state index in [1.54, 1.807) is 6.92 Å². The van der Waals surface area contributed by atoms with E-state index < -0.39 is 0 Å². The summed E-state index contributed by atoms with van der Waals surface area (Å²) in [6, 6.07) is 0. The van der Waals surface area contributed by atoms with E-state index in [9.17, 15) is 14.4 Å². The molecule has 1 aliphatic heterocycles. The Balaban J connectivity index is -0.000000869. The third-order valence-electron chi connectivity index (χ3n) is 3.88. The lowest BCUT2D eigenvalue weighted by molar-refractivity contribution is -0.139. The summed E-state index contributed by atoms with van der Waals surface area (Å²) in [5, 5.41) is 2.85. The lowest BCUT2D eigenvalue weighted by Crippen LogP contribution is -2.35. The van der Waals surface area contributed by atoms with Gasteiger partial charge in [-0.25, -0.2) is 0 Å². The number of nitrogens with zero attached hydrogens (tertiary/aromatic N) is 1. The van der Waals surface area contributed by atoms with E-state index in [-0.39, 0.29) is 43.0 Å². The van der Waals surface area contributed by atoms with Crippen molar-refractivity contribution in [1.82, 2.24) is 10.2 Å². The number of unbranched alkanes of at least 4 members (excludes halogenated alkanes) is 5. The topological polar surface area (TPSA) is 66.5 Å². The van der Waals surface area contributed by atoms with Crippen molar-refractivity contribution >= 4 is 17.7 Å². The van der Waals surface area contributed by atoms with Crippen LogP contribution >= 0.6 is 0 Å². The van der Waals surface area contributed by atoms with Crippen LogP contribution in [0.5, 0.6) is 0 Å². The van der Waals surface area contributed by atoms with Crippen LogP contribution in [-0.4, -0.2) is 35.7 Å². The molecule has 0 aliphatic carbocycles. The number of carbonyl (C=O) groups is 3. The van der Waals surface area contributed by atoms with Gasteiger partial charge in [0, 0.05) is 31.8 Å². The Labute approximate surface area is 168 Å². The summed E-state index contributed by atoms with van der Waals surface area (Å²) in [5.74, 6) is -0.618. The molecule has 0 bridgehead atoms. The molecule has 1 heterocycles. The molecule has 0 aromatic carbocycles. The van der Waals surface area contributed by atoms with Gasteiger partial charge in [-0.15, -0.1) is 0 Å². The van der Waals surface area contributed by atoms with Crippen LogP contribution in [0.25, 0.3) is 0 Å². The van der Waals surface area contributed by atoms with Crippen LogP contribution in [0.4, 0.5) is 0 Å². The Kier molecular flexibility index (Phi) is 25.5. The van der Waals surface area contributed by atoms with Gasteiger partial charge in [-0.1, -0.05) is 87.5 Å². The predicted molar refractivity (Wildman–Crippen MR) is 116 cm³/mol. The number of hydrogen-bond donors (Lipinski definition) is 1. The molecule has 1 saturated heterocycles. The number of amides is 3. The molecule has 0 radical (unpaired) electrons. The monoisotopic (exact) mass is 386 g/mol. The molecule has 1 unspecified atom stereocenters. The molecule has 5 nitrogen and oxygen atoms in total. The van der Waals surface area contributed by atoms with E-state index in [0.29, 0.717) is 6.54 Å². The minimum Gasteiger partial charge on any atom is -0.356 e. The average Bonchev–Trinajstić information content (AvgIpc) is 2.95. The smallest absolute Gasteiger partial charge is 0.232 e. The van der Waals surface area contributed by atoms with Crippen LogP contribution in [-0.2, 0) is 14.4 Å². The van der Waals surface area contributed by atoms with Gasteiger partial charge in [-0.2, -0.15) is 0 Å². The molecular formula is C22H46N2O3. The van der Waals surface area contributed by atoms with Gasteiger partial charge in [0.2, 0.25) is 17.7 Å². The Hall–Kier alpha value is -1.39. The van der Waals surface area contributed by atoms with Gasteiger partial charge >= 0.3 is 0 Å². The van der Waals surface area contributed by atoms with Gasteiger partial charge in [0.1, 0.15) is 0 Å². The van der Waals surface area contributed by atoms with Gasteiger partial charge in [0.05, 0.1) is 0 Å². The largest absolute Gasteiger partial charge is 0.356 e. The third-order valence-corrected chi connectivity index (χ3v) is 3.88. The maximum Gasteiger partial charge on any atom is 0.232 e. The molecular weight excluding hydrogens is 340 g/mol. The number of imide groups is 1. The third kappa shape index (κ3) is 15.4. The normalized spacial score (nSPS) is 15.0. The van der Waals surface area contributed by atoms with E-state index in [2.05, 4.69) is 12.2 Å². The summed E-state index contributed by atoms with van der Waals surface area (Å²) < 4.78 is 0. The van der Waals surface area contributed by atoms with E-state index >= 15 is 0 Å². The summed E-state index contributed by atoms with van der Waals surface area (Å²) in [7, 11) is 0. The van der Waals surface area contributed by atoms with E-state index in [0.717, 1.165) is 12.8 Å².